The standard InChI is InChI=1S/C10H10ClIN4O/c11-8-7-9(15-10(12)14-8)16(5-13-7)6-3-1-2-4-17-6/h5-6H,1-4H2/t6-/m0/s1. The molecule has 0 spiro atoms. The van der Waals surface area contributed by atoms with Crippen LogP contribution in [0.3, 0.4) is 0 Å². The van der Waals surface area contributed by atoms with Crippen molar-refractivity contribution in [2.75, 3.05) is 6.61 Å². The molecule has 0 unspecified atom stereocenters. The van der Waals surface area contributed by atoms with Gasteiger partial charge in [0.15, 0.2) is 14.6 Å². The Morgan fingerprint density at radius 1 is 1.41 bits per heavy atom. The summed E-state index contributed by atoms with van der Waals surface area (Å²) in [6.07, 6.45) is 5.04. The third-order valence-electron chi connectivity index (χ3n) is 2.82. The summed E-state index contributed by atoms with van der Waals surface area (Å²) < 4.78 is 8.30. The van der Waals surface area contributed by atoms with E-state index in [1.807, 2.05) is 27.2 Å². The first kappa shape index (κ1) is 11.6. The van der Waals surface area contributed by atoms with Gasteiger partial charge in [0.1, 0.15) is 11.7 Å². The van der Waals surface area contributed by atoms with Gasteiger partial charge < -0.3 is 4.74 Å². The monoisotopic (exact) mass is 364 g/mol. The van der Waals surface area contributed by atoms with Gasteiger partial charge in [-0.1, -0.05) is 11.6 Å². The molecule has 90 valence electrons. The van der Waals surface area contributed by atoms with Gasteiger partial charge in [-0.05, 0) is 19.3 Å². The predicted octanol–water partition coefficient (Wildman–Crippen LogP) is 2.78. The van der Waals surface area contributed by atoms with Crippen LogP contribution in [-0.4, -0.2) is 26.1 Å². The zero-order chi connectivity index (χ0) is 11.8. The first-order valence-corrected chi connectivity index (χ1v) is 6.88. The summed E-state index contributed by atoms with van der Waals surface area (Å²) in [5.74, 6) is 0. The lowest BCUT2D eigenvalue weighted by atomic mass is 10.2. The molecule has 0 aliphatic carbocycles. The third-order valence-corrected chi connectivity index (χ3v) is 3.56. The van der Waals surface area contributed by atoms with Gasteiger partial charge in [0.25, 0.3) is 0 Å². The maximum absolute atomic E-state index is 6.04. The van der Waals surface area contributed by atoms with Crippen LogP contribution in [0.25, 0.3) is 11.2 Å². The molecular weight excluding hydrogens is 354 g/mol. The summed E-state index contributed by atoms with van der Waals surface area (Å²) in [6, 6.07) is 0. The molecule has 0 bridgehead atoms. The Bertz CT molecular complexity index is 552. The van der Waals surface area contributed by atoms with Crippen LogP contribution in [-0.2, 0) is 4.74 Å². The zero-order valence-electron chi connectivity index (χ0n) is 8.94. The van der Waals surface area contributed by atoms with Gasteiger partial charge in [0.05, 0.1) is 6.33 Å². The van der Waals surface area contributed by atoms with E-state index in [9.17, 15) is 0 Å². The van der Waals surface area contributed by atoms with Gasteiger partial charge in [0.2, 0.25) is 0 Å². The van der Waals surface area contributed by atoms with Gasteiger partial charge in [0, 0.05) is 29.2 Å². The van der Waals surface area contributed by atoms with E-state index >= 15 is 0 Å². The van der Waals surface area contributed by atoms with Gasteiger partial charge >= 0.3 is 0 Å². The number of aromatic nitrogens is 4. The van der Waals surface area contributed by atoms with Crippen molar-refractivity contribution >= 4 is 45.4 Å². The maximum Gasteiger partial charge on any atom is 0.194 e. The Balaban J connectivity index is 2.10. The molecule has 3 heterocycles. The lowest BCUT2D eigenvalue weighted by molar-refractivity contribution is -0.0298. The van der Waals surface area contributed by atoms with Crippen molar-refractivity contribution < 1.29 is 4.74 Å². The first-order valence-electron chi connectivity index (χ1n) is 5.43. The molecule has 1 aliphatic rings. The fourth-order valence-corrected chi connectivity index (χ4v) is 2.84. The molecule has 2 aromatic heterocycles. The minimum atomic E-state index is 0.0236. The number of halogens is 2. The normalized spacial score (nSPS) is 20.9. The van der Waals surface area contributed by atoms with Gasteiger partial charge in [-0.15, -0.1) is 0 Å². The van der Waals surface area contributed by atoms with Crippen LogP contribution in [0, 0.1) is 3.83 Å². The highest BCUT2D eigenvalue weighted by atomic mass is 127. The van der Waals surface area contributed by atoms with Crippen molar-refractivity contribution in [2.24, 2.45) is 0 Å². The number of rotatable bonds is 1. The lowest BCUT2D eigenvalue weighted by Crippen LogP contribution is -2.17. The number of ether oxygens (including phenoxy) is 1. The van der Waals surface area contributed by atoms with Crippen LogP contribution < -0.4 is 0 Å². The van der Waals surface area contributed by atoms with Crippen molar-refractivity contribution in [3.63, 3.8) is 0 Å². The van der Waals surface area contributed by atoms with Crippen LogP contribution in [0.2, 0.25) is 5.15 Å². The second-order valence-corrected chi connectivity index (χ2v) is 5.25. The van der Waals surface area contributed by atoms with E-state index in [-0.39, 0.29) is 6.23 Å². The third kappa shape index (κ3) is 2.13. The topological polar surface area (TPSA) is 52.8 Å². The predicted molar refractivity (Wildman–Crippen MR) is 71.9 cm³/mol. The SMILES string of the molecule is Clc1nc(I)nc2c1ncn2[C@@H]1CCCCO1. The van der Waals surface area contributed by atoms with Crippen LogP contribution in [0.15, 0.2) is 6.33 Å². The highest BCUT2D eigenvalue weighted by Crippen LogP contribution is 2.27. The summed E-state index contributed by atoms with van der Waals surface area (Å²) >= 11 is 8.09. The van der Waals surface area contributed by atoms with E-state index in [0.717, 1.165) is 25.1 Å². The largest absolute Gasteiger partial charge is 0.358 e. The molecule has 7 heteroatoms. The molecular formula is C10H10ClIN4O. The van der Waals surface area contributed by atoms with Crippen LogP contribution in [0.5, 0.6) is 0 Å². The molecule has 2 aromatic rings. The minimum absolute atomic E-state index is 0.0236. The fourth-order valence-electron chi connectivity index (χ4n) is 2.01. The summed E-state index contributed by atoms with van der Waals surface area (Å²) in [7, 11) is 0. The van der Waals surface area contributed by atoms with E-state index in [0.29, 0.717) is 14.5 Å². The van der Waals surface area contributed by atoms with Crippen LogP contribution >= 0.6 is 34.2 Å². The average Bonchev–Trinajstić information content (AvgIpc) is 2.74. The summed E-state index contributed by atoms with van der Waals surface area (Å²) in [5, 5.41) is 0.397. The van der Waals surface area contributed by atoms with Gasteiger partial charge in [-0.3, -0.25) is 4.57 Å². The van der Waals surface area contributed by atoms with E-state index in [1.165, 1.54) is 6.42 Å². The fraction of sp³-hybridized carbons (Fsp3) is 0.500. The molecule has 0 amide bonds. The Morgan fingerprint density at radius 3 is 3.06 bits per heavy atom. The molecule has 0 N–H and O–H groups in total. The molecule has 17 heavy (non-hydrogen) atoms. The number of hydrogen-bond donors (Lipinski definition) is 0. The smallest absolute Gasteiger partial charge is 0.194 e. The Hall–Kier alpha value is -0.470. The Kier molecular flexibility index (Phi) is 3.18. The second-order valence-electron chi connectivity index (χ2n) is 3.93. The molecule has 0 radical (unpaired) electrons. The molecule has 1 saturated heterocycles. The highest BCUT2D eigenvalue weighted by molar-refractivity contribution is 14.1. The van der Waals surface area contributed by atoms with Crippen LogP contribution in [0.1, 0.15) is 25.5 Å². The van der Waals surface area contributed by atoms with Crippen molar-refractivity contribution in [3.8, 4) is 0 Å². The van der Waals surface area contributed by atoms with Crippen molar-refractivity contribution in [3.05, 3.63) is 15.3 Å². The molecule has 1 fully saturated rings. The van der Waals surface area contributed by atoms with Crippen molar-refractivity contribution in [2.45, 2.75) is 25.5 Å². The number of imidazole rings is 1. The quantitative estimate of drug-likeness (QED) is 0.444. The summed E-state index contributed by atoms with van der Waals surface area (Å²) in [6.45, 7) is 0.792. The molecule has 0 saturated carbocycles. The van der Waals surface area contributed by atoms with E-state index < -0.39 is 0 Å². The second kappa shape index (κ2) is 4.66. The number of hydrogen-bond acceptors (Lipinski definition) is 4. The first-order chi connectivity index (χ1) is 8.25. The zero-order valence-corrected chi connectivity index (χ0v) is 11.8. The lowest BCUT2D eigenvalue weighted by Gasteiger charge is -2.23. The molecule has 0 aromatic carbocycles. The van der Waals surface area contributed by atoms with E-state index in [2.05, 4.69) is 15.0 Å². The van der Waals surface area contributed by atoms with Crippen LogP contribution in [0.4, 0.5) is 0 Å². The number of fused-ring (bicyclic) bond motifs is 1. The minimum Gasteiger partial charge on any atom is -0.358 e. The molecule has 3 rings (SSSR count). The summed E-state index contributed by atoms with van der Waals surface area (Å²) in [5.41, 5.74) is 1.39. The number of nitrogens with zero attached hydrogens (tertiary/aromatic N) is 4. The van der Waals surface area contributed by atoms with E-state index in [4.69, 9.17) is 16.3 Å². The molecule has 1 aliphatic heterocycles. The van der Waals surface area contributed by atoms with Gasteiger partial charge in [-0.25, -0.2) is 15.0 Å². The molecule has 1 atom stereocenters. The summed E-state index contributed by atoms with van der Waals surface area (Å²) in [4.78, 5) is 12.7. The maximum atomic E-state index is 6.04. The Morgan fingerprint density at radius 2 is 2.29 bits per heavy atom. The van der Waals surface area contributed by atoms with E-state index in [1.54, 1.807) is 6.33 Å². The Labute approximate surface area is 117 Å². The van der Waals surface area contributed by atoms with Gasteiger partial charge in [-0.2, -0.15) is 0 Å². The van der Waals surface area contributed by atoms with Crippen molar-refractivity contribution in [1.82, 2.24) is 19.5 Å². The highest BCUT2D eigenvalue weighted by Gasteiger charge is 2.20. The average molecular weight is 365 g/mol. The molecule has 5 nitrogen and oxygen atoms in total. The van der Waals surface area contributed by atoms with Crippen molar-refractivity contribution in [1.29, 1.82) is 0 Å².